The van der Waals surface area contributed by atoms with E-state index in [-0.39, 0.29) is 23.8 Å². The first kappa shape index (κ1) is 20.6. The second kappa shape index (κ2) is 8.89. The quantitative estimate of drug-likeness (QED) is 0.456. The molecule has 0 radical (unpaired) electrons. The Morgan fingerprint density at radius 3 is 2.59 bits per heavy atom. The monoisotopic (exact) mass is 413 g/mol. The molecule has 3 aromatic rings. The lowest BCUT2D eigenvalue weighted by Crippen LogP contribution is -2.30. The number of nitrogens with zero attached hydrogens (tertiary/aromatic N) is 2. The summed E-state index contributed by atoms with van der Waals surface area (Å²) in [6, 6.07) is 16.0. The summed E-state index contributed by atoms with van der Waals surface area (Å²) in [5.74, 6) is 0.442. The van der Waals surface area contributed by atoms with E-state index in [1.54, 1.807) is 7.11 Å². The third kappa shape index (κ3) is 5.22. The molecular formula is C21H20ClN3O4. The van der Waals surface area contributed by atoms with Crippen LogP contribution in [0.1, 0.15) is 5.56 Å². The fourth-order valence-corrected chi connectivity index (χ4v) is 3.24. The largest absolute Gasteiger partial charge is 0.497 e. The number of halogens is 1. The van der Waals surface area contributed by atoms with Crippen molar-refractivity contribution in [3.05, 3.63) is 75.3 Å². The number of nitrogens with one attached hydrogen (secondary N) is 1. The molecule has 0 fully saturated rings. The number of nitro benzene ring substituents is 1. The van der Waals surface area contributed by atoms with Crippen molar-refractivity contribution in [2.24, 2.45) is 0 Å². The van der Waals surface area contributed by atoms with E-state index in [1.165, 1.54) is 18.2 Å². The first-order valence-electron chi connectivity index (χ1n) is 8.85. The van der Waals surface area contributed by atoms with Gasteiger partial charge in [0.05, 0.1) is 18.6 Å². The van der Waals surface area contributed by atoms with E-state index >= 15 is 0 Å². The summed E-state index contributed by atoms with van der Waals surface area (Å²) in [4.78, 5) is 24.7. The van der Waals surface area contributed by atoms with Crippen LogP contribution in [0.3, 0.4) is 0 Å². The number of carbonyl (C=O) groups is 1. The molecule has 0 spiro atoms. The van der Waals surface area contributed by atoms with Crippen LogP contribution in [0.15, 0.2) is 54.6 Å². The van der Waals surface area contributed by atoms with Crippen LogP contribution in [0, 0.1) is 10.1 Å². The predicted octanol–water partition coefficient (Wildman–Crippen LogP) is 4.48. The summed E-state index contributed by atoms with van der Waals surface area (Å²) < 4.78 is 5.24. The summed E-state index contributed by atoms with van der Waals surface area (Å²) in [5, 5.41) is 16.2. The molecule has 29 heavy (non-hydrogen) atoms. The van der Waals surface area contributed by atoms with Crippen LogP contribution in [0.25, 0.3) is 10.8 Å². The standard InChI is InChI=1S/C21H20ClN3O4/c1-24(12-14-3-4-16-10-18(29-2)7-5-15(16)9-14)13-21(26)23-19-11-17(22)6-8-20(19)25(27)28/h3-11H,12-13H2,1-2H3,(H,23,26). The number of methoxy groups -OCH3 is 1. The molecular weight excluding hydrogens is 394 g/mol. The molecule has 0 heterocycles. The van der Waals surface area contributed by atoms with Crippen molar-refractivity contribution in [3.8, 4) is 5.75 Å². The molecule has 1 amide bonds. The molecule has 3 aromatic carbocycles. The summed E-state index contributed by atoms with van der Waals surface area (Å²) in [6.45, 7) is 0.622. The molecule has 0 aliphatic carbocycles. The van der Waals surface area contributed by atoms with E-state index in [4.69, 9.17) is 16.3 Å². The number of ether oxygens (including phenoxy) is 1. The Morgan fingerprint density at radius 2 is 1.86 bits per heavy atom. The molecule has 0 bridgehead atoms. The second-order valence-electron chi connectivity index (χ2n) is 6.69. The SMILES string of the molecule is COc1ccc2cc(CN(C)CC(=O)Nc3cc(Cl)ccc3[N+](=O)[O-])ccc2c1. The third-order valence-corrected chi connectivity index (χ3v) is 4.64. The summed E-state index contributed by atoms with van der Waals surface area (Å²) >= 11 is 5.89. The van der Waals surface area contributed by atoms with E-state index in [0.29, 0.717) is 11.6 Å². The fourth-order valence-electron chi connectivity index (χ4n) is 3.07. The highest BCUT2D eigenvalue weighted by atomic mass is 35.5. The molecule has 0 saturated heterocycles. The topological polar surface area (TPSA) is 84.7 Å². The smallest absolute Gasteiger partial charge is 0.292 e. The molecule has 0 aliphatic heterocycles. The van der Waals surface area contributed by atoms with Crippen molar-refractivity contribution in [1.82, 2.24) is 4.90 Å². The van der Waals surface area contributed by atoms with Crippen molar-refractivity contribution in [2.75, 3.05) is 26.0 Å². The van der Waals surface area contributed by atoms with Gasteiger partial charge in [0.2, 0.25) is 5.91 Å². The van der Waals surface area contributed by atoms with Crippen molar-refractivity contribution < 1.29 is 14.5 Å². The number of amides is 1. The Hall–Kier alpha value is -3.16. The lowest BCUT2D eigenvalue weighted by Gasteiger charge is -2.17. The van der Waals surface area contributed by atoms with Crippen molar-refractivity contribution in [3.63, 3.8) is 0 Å². The first-order chi connectivity index (χ1) is 13.9. The molecule has 0 aliphatic rings. The van der Waals surface area contributed by atoms with E-state index in [0.717, 1.165) is 22.1 Å². The number of hydrogen-bond donors (Lipinski definition) is 1. The van der Waals surface area contributed by atoms with Crippen LogP contribution in [-0.2, 0) is 11.3 Å². The van der Waals surface area contributed by atoms with Gasteiger partial charge in [-0.2, -0.15) is 0 Å². The van der Waals surface area contributed by atoms with Crippen molar-refractivity contribution in [2.45, 2.75) is 6.54 Å². The number of benzene rings is 3. The molecule has 0 aromatic heterocycles. The Balaban J connectivity index is 1.65. The van der Waals surface area contributed by atoms with Gasteiger partial charge >= 0.3 is 0 Å². The highest BCUT2D eigenvalue weighted by molar-refractivity contribution is 6.31. The van der Waals surface area contributed by atoms with E-state index < -0.39 is 4.92 Å². The zero-order chi connectivity index (χ0) is 21.0. The molecule has 1 N–H and O–H groups in total. The fraction of sp³-hybridized carbons (Fsp3) is 0.190. The van der Waals surface area contributed by atoms with Crippen LogP contribution in [-0.4, -0.2) is 36.4 Å². The molecule has 0 unspecified atom stereocenters. The van der Waals surface area contributed by atoms with Crippen LogP contribution in [0.5, 0.6) is 5.75 Å². The minimum atomic E-state index is -0.556. The molecule has 8 heteroatoms. The molecule has 7 nitrogen and oxygen atoms in total. The predicted molar refractivity (Wildman–Crippen MR) is 114 cm³/mol. The van der Waals surface area contributed by atoms with Gasteiger partial charge < -0.3 is 10.1 Å². The minimum Gasteiger partial charge on any atom is -0.497 e. The minimum absolute atomic E-state index is 0.0737. The third-order valence-electron chi connectivity index (χ3n) is 4.41. The van der Waals surface area contributed by atoms with Gasteiger partial charge in [-0.15, -0.1) is 0 Å². The van der Waals surface area contributed by atoms with Crippen LogP contribution in [0.4, 0.5) is 11.4 Å². The van der Waals surface area contributed by atoms with Crippen molar-refractivity contribution in [1.29, 1.82) is 0 Å². The maximum atomic E-state index is 12.3. The summed E-state index contributed by atoms with van der Waals surface area (Å²) in [6.07, 6.45) is 0. The number of nitro groups is 1. The zero-order valence-corrected chi connectivity index (χ0v) is 16.8. The van der Waals surface area contributed by atoms with E-state index in [9.17, 15) is 14.9 Å². The van der Waals surface area contributed by atoms with Gasteiger partial charge in [0.25, 0.3) is 5.69 Å². The average Bonchev–Trinajstić information content (AvgIpc) is 2.67. The normalized spacial score (nSPS) is 10.9. The van der Waals surface area contributed by atoms with Gasteiger partial charge in [0.1, 0.15) is 11.4 Å². The van der Waals surface area contributed by atoms with Crippen LogP contribution >= 0.6 is 11.6 Å². The van der Waals surface area contributed by atoms with Gasteiger partial charge in [0.15, 0.2) is 0 Å². The Kier molecular flexibility index (Phi) is 6.31. The Morgan fingerprint density at radius 1 is 1.14 bits per heavy atom. The van der Waals surface area contributed by atoms with Gasteiger partial charge in [-0.25, -0.2) is 0 Å². The van der Waals surface area contributed by atoms with Gasteiger partial charge in [-0.1, -0.05) is 29.8 Å². The van der Waals surface area contributed by atoms with Gasteiger partial charge in [-0.05, 0) is 53.7 Å². The number of fused-ring (bicyclic) bond motifs is 1. The zero-order valence-electron chi connectivity index (χ0n) is 16.0. The molecule has 150 valence electrons. The van der Waals surface area contributed by atoms with E-state index in [2.05, 4.69) is 11.4 Å². The number of hydrogen-bond acceptors (Lipinski definition) is 5. The summed E-state index contributed by atoms with van der Waals surface area (Å²) in [7, 11) is 3.44. The summed E-state index contributed by atoms with van der Waals surface area (Å²) in [5.41, 5.74) is 0.933. The van der Waals surface area contributed by atoms with E-state index in [1.807, 2.05) is 42.3 Å². The maximum absolute atomic E-state index is 12.3. The lowest BCUT2D eigenvalue weighted by molar-refractivity contribution is -0.383. The Labute approximate surface area is 173 Å². The molecule has 0 atom stereocenters. The Bertz CT molecular complexity index is 1070. The number of likely N-dealkylation sites (N-methyl/N-ethyl adjacent to an activating group) is 1. The lowest BCUT2D eigenvalue weighted by atomic mass is 10.1. The maximum Gasteiger partial charge on any atom is 0.292 e. The number of rotatable bonds is 7. The van der Waals surface area contributed by atoms with Gasteiger partial charge in [0, 0.05) is 17.6 Å². The molecule has 3 rings (SSSR count). The highest BCUT2D eigenvalue weighted by Crippen LogP contribution is 2.27. The highest BCUT2D eigenvalue weighted by Gasteiger charge is 2.17. The van der Waals surface area contributed by atoms with Crippen LogP contribution in [0.2, 0.25) is 5.02 Å². The van der Waals surface area contributed by atoms with Crippen molar-refractivity contribution >= 4 is 39.7 Å². The molecule has 0 saturated carbocycles. The second-order valence-corrected chi connectivity index (χ2v) is 7.12. The van der Waals surface area contributed by atoms with Crippen LogP contribution < -0.4 is 10.1 Å². The van der Waals surface area contributed by atoms with Gasteiger partial charge in [-0.3, -0.25) is 19.8 Å². The average molecular weight is 414 g/mol. The first-order valence-corrected chi connectivity index (χ1v) is 9.22. The number of anilines is 1. The number of carbonyl (C=O) groups excluding carboxylic acids is 1.